The molecule has 9 nitrogen and oxygen atoms in total. The number of hydrogen-bond donors (Lipinski definition) is 2. The van der Waals surface area contributed by atoms with Gasteiger partial charge in [-0.05, 0) is 46.5 Å². The number of carboxylic acids is 1. The van der Waals surface area contributed by atoms with Crippen molar-refractivity contribution < 1.29 is 46.1 Å². The number of carbonyl (C=O) groups is 2. The number of pyridine rings is 1. The molecule has 14 heteroatoms. The minimum Gasteiger partial charge on any atom is -0.481 e. The van der Waals surface area contributed by atoms with Gasteiger partial charge in [0.2, 0.25) is 0 Å². The summed E-state index contributed by atoms with van der Waals surface area (Å²) in [5.74, 6) is -3.61. The van der Waals surface area contributed by atoms with E-state index in [1.165, 1.54) is 35.9 Å². The van der Waals surface area contributed by atoms with Gasteiger partial charge >= 0.3 is 12.1 Å². The second-order valence-corrected chi connectivity index (χ2v) is 12.7. The molecular weight excluding hydrogens is 689 g/mol. The Balaban J connectivity index is 0.000000192. The first-order chi connectivity index (χ1) is 24.8. The fourth-order valence-electron chi connectivity index (χ4n) is 6.59. The molecule has 0 saturated carbocycles. The molecule has 4 aromatic carbocycles. The molecule has 2 aliphatic heterocycles. The molecule has 0 spiro atoms. The number of carbonyl (C=O) groups excluding carboxylic acids is 1. The lowest BCUT2D eigenvalue weighted by atomic mass is 9.91. The van der Waals surface area contributed by atoms with Crippen LogP contribution in [0.3, 0.4) is 0 Å². The van der Waals surface area contributed by atoms with Crippen LogP contribution in [-0.4, -0.2) is 60.6 Å². The van der Waals surface area contributed by atoms with Crippen LogP contribution >= 0.6 is 0 Å². The summed E-state index contributed by atoms with van der Waals surface area (Å²) in [4.78, 5) is 37.1. The van der Waals surface area contributed by atoms with Crippen LogP contribution in [-0.2, 0) is 33.9 Å². The van der Waals surface area contributed by atoms with E-state index >= 15 is 0 Å². The first-order valence-corrected chi connectivity index (χ1v) is 16.4. The number of aryl methyl sites for hydroxylation is 2. The van der Waals surface area contributed by atoms with Crippen LogP contribution in [0.2, 0.25) is 0 Å². The van der Waals surface area contributed by atoms with Crippen molar-refractivity contribution in [3.63, 3.8) is 0 Å². The van der Waals surface area contributed by atoms with E-state index in [-0.39, 0.29) is 35.3 Å². The van der Waals surface area contributed by atoms with Crippen LogP contribution < -0.4 is 16.2 Å². The average Bonchev–Trinajstić information content (AvgIpc) is 3.04. The summed E-state index contributed by atoms with van der Waals surface area (Å²) in [7, 11) is 1.46. The van der Waals surface area contributed by atoms with Gasteiger partial charge in [-0.1, -0.05) is 54.6 Å². The molecule has 3 heterocycles. The number of nitrogens with zero attached hydrogens (tertiary/aromatic N) is 2. The lowest BCUT2D eigenvalue weighted by Gasteiger charge is -2.42. The van der Waals surface area contributed by atoms with E-state index in [0.717, 1.165) is 12.1 Å². The number of rotatable bonds is 9. The first kappa shape index (κ1) is 36.5. The summed E-state index contributed by atoms with van der Waals surface area (Å²) >= 11 is 0. The Hall–Kier alpha value is -5.34. The number of hydrogen-bond acceptors (Lipinski definition) is 6. The highest BCUT2D eigenvalue weighted by Gasteiger charge is 2.38. The Morgan fingerprint density at radius 2 is 1.52 bits per heavy atom. The van der Waals surface area contributed by atoms with Crippen molar-refractivity contribution in [3.05, 3.63) is 111 Å². The van der Waals surface area contributed by atoms with Gasteiger partial charge in [0.25, 0.3) is 11.5 Å². The van der Waals surface area contributed by atoms with Gasteiger partial charge in [0.05, 0.1) is 49.1 Å². The van der Waals surface area contributed by atoms with Crippen molar-refractivity contribution in [2.45, 2.75) is 25.1 Å². The van der Waals surface area contributed by atoms with E-state index in [2.05, 4.69) is 0 Å². The molecule has 2 saturated heterocycles. The van der Waals surface area contributed by atoms with Crippen LogP contribution in [0.25, 0.3) is 32.8 Å². The number of para-hydroxylation sites is 1. The van der Waals surface area contributed by atoms with Crippen molar-refractivity contribution in [2.75, 3.05) is 37.9 Å². The third-order valence-electron chi connectivity index (χ3n) is 9.30. The number of aliphatic carboxylic acids is 1. The van der Waals surface area contributed by atoms with Gasteiger partial charge in [0.15, 0.2) is 0 Å². The summed E-state index contributed by atoms with van der Waals surface area (Å²) < 4.78 is 82.1. The van der Waals surface area contributed by atoms with Crippen LogP contribution in [0.15, 0.2) is 77.6 Å². The summed E-state index contributed by atoms with van der Waals surface area (Å²) in [6, 6.07) is 18.3. The Morgan fingerprint density at radius 1 is 0.904 bits per heavy atom. The smallest absolute Gasteiger partial charge is 0.417 e. The molecule has 2 fully saturated rings. The number of anilines is 1. The SMILES string of the molecule is Cn1c(=O)c(-c2cccc3c(CCC(=O)O)cccc23)c(C(F)(F)F)c2ccccc21.NC(=O)c1c(F)cc(N(CC2COC2)C2COC2)cc1F. The van der Waals surface area contributed by atoms with Crippen molar-refractivity contribution in [1.29, 1.82) is 0 Å². The fraction of sp³-hybridized carbons (Fsp3) is 0.289. The quantitative estimate of drug-likeness (QED) is 0.171. The highest BCUT2D eigenvalue weighted by molar-refractivity contribution is 6.01. The van der Waals surface area contributed by atoms with E-state index in [4.69, 9.17) is 20.3 Å². The molecule has 3 N–H and O–H groups in total. The van der Waals surface area contributed by atoms with Gasteiger partial charge in [-0.3, -0.25) is 14.4 Å². The first-order valence-electron chi connectivity index (χ1n) is 16.4. The molecule has 272 valence electrons. The number of nitrogens with two attached hydrogens (primary N) is 1. The number of alkyl halides is 3. The van der Waals surface area contributed by atoms with Crippen LogP contribution in [0.4, 0.5) is 27.6 Å². The zero-order valence-electron chi connectivity index (χ0n) is 27.9. The second-order valence-electron chi connectivity index (χ2n) is 12.7. The number of fused-ring (bicyclic) bond motifs is 2. The Kier molecular flexibility index (Phi) is 10.3. The van der Waals surface area contributed by atoms with Gasteiger partial charge in [-0.25, -0.2) is 8.78 Å². The largest absolute Gasteiger partial charge is 0.481 e. The number of amides is 1. The highest BCUT2D eigenvalue weighted by Crippen LogP contribution is 2.42. The third kappa shape index (κ3) is 7.21. The third-order valence-corrected chi connectivity index (χ3v) is 9.30. The highest BCUT2D eigenvalue weighted by atomic mass is 19.4. The Labute approximate surface area is 294 Å². The zero-order valence-corrected chi connectivity index (χ0v) is 27.9. The van der Waals surface area contributed by atoms with E-state index in [9.17, 15) is 36.3 Å². The lowest BCUT2D eigenvalue weighted by molar-refractivity contribution is -0.137. The number of ether oxygens (including phenoxy) is 2. The van der Waals surface area contributed by atoms with Gasteiger partial charge in [0, 0.05) is 37.0 Å². The van der Waals surface area contributed by atoms with E-state index in [1.807, 2.05) is 4.90 Å². The number of carboxylic acid groups (broad SMARTS) is 1. The second kappa shape index (κ2) is 14.7. The number of halogens is 5. The summed E-state index contributed by atoms with van der Waals surface area (Å²) in [6.07, 6.45) is -4.61. The van der Waals surface area contributed by atoms with Gasteiger partial charge in [-0.2, -0.15) is 13.2 Å². The number of primary amides is 1. The maximum atomic E-state index is 14.3. The predicted molar refractivity (Wildman–Crippen MR) is 184 cm³/mol. The molecule has 1 aromatic heterocycles. The van der Waals surface area contributed by atoms with Crippen LogP contribution in [0.5, 0.6) is 0 Å². The van der Waals surface area contributed by atoms with Gasteiger partial charge in [0.1, 0.15) is 17.2 Å². The molecular formula is C38H34F5N3O6. The molecule has 2 aliphatic rings. The monoisotopic (exact) mass is 723 g/mol. The topological polar surface area (TPSA) is 124 Å². The Bertz CT molecular complexity index is 2210. The molecule has 0 atom stereocenters. The number of benzene rings is 4. The maximum Gasteiger partial charge on any atom is 0.417 e. The summed E-state index contributed by atoms with van der Waals surface area (Å²) in [5, 5.41) is 10.1. The molecule has 52 heavy (non-hydrogen) atoms. The molecule has 0 unspecified atom stereocenters. The van der Waals surface area contributed by atoms with Gasteiger partial charge in [-0.15, -0.1) is 0 Å². The molecule has 1 amide bonds. The predicted octanol–water partition coefficient (Wildman–Crippen LogP) is 6.31. The minimum absolute atomic E-state index is 0.0499. The fourth-order valence-corrected chi connectivity index (χ4v) is 6.59. The standard InChI is InChI=1S/C24H18F3NO3.C14H16F2N2O3/c1-28-19-11-3-2-7-18(19)22(24(25,26)27)21(23(28)31)17-10-5-8-15-14(12-13-20(29)30)6-4-9-16(15)17;15-11-1-9(2-12(16)13(11)14(17)19)18(10-6-21-7-10)3-8-4-20-5-8/h2-11H,12-13H2,1H3,(H,29,30);1-2,8,10H,3-7H2,(H2,17,19). The molecule has 5 aromatic rings. The Morgan fingerprint density at radius 3 is 2.10 bits per heavy atom. The van der Waals surface area contributed by atoms with Gasteiger partial charge < -0.3 is 29.8 Å². The molecule has 0 aliphatic carbocycles. The van der Waals surface area contributed by atoms with Crippen molar-refractivity contribution >= 4 is 39.2 Å². The molecule has 7 rings (SSSR count). The van der Waals surface area contributed by atoms with Crippen molar-refractivity contribution in [2.24, 2.45) is 18.7 Å². The van der Waals surface area contributed by atoms with Crippen molar-refractivity contribution in [1.82, 2.24) is 4.57 Å². The minimum atomic E-state index is -4.74. The van der Waals surface area contributed by atoms with E-state index in [0.29, 0.717) is 60.9 Å². The van der Waals surface area contributed by atoms with Crippen molar-refractivity contribution in [3.8, 4) is 11.1 Å². The number of aromatic nitrogens is 1. The maximum absolute atomic E-state index is 14.3. The molecule has 0 bridgehead atoms. The van der Waals surface area contributed by atoms with E-state index in [1.54, 1.807) is 36.4 Å². The van der Waals surface area contributed by atoms with E-state index < -0.39 is 51.9 Å². The molecule has 0 radical (unpaired) electrons. The zero-order chi connectivity index (χ0) is 37.3. The summed E-state index contributed by atoms with van der Waals surface area (Å²) in [5.41, 5.74) is 3.64. The average molecular weight is 724 g/mol. The summed E-state index contributed by atoms with van der Waals surface area (Å²) in [6.45, 7) is 2.98. The van der Waals surface area contributed by atoms with Crippen LogP contribution in [0, 0.1) is 17.6 Å². The normalized spacial score (nSPS) is 14.7. The lowest BCUT2D eigenvalue weighted by Crippen LogP contribution is -2.53. The van der Waals surface area contributed by atoms with Crippen LogP contribution in [0.1, 0.15) is 27.9 Å².